The van der Waals surface area contributed by atoms with Crippen molar-refractivity contribution in [3.05, 3.63) is 28.7 Å². The van der Waals surface area contributed by atoms with Crippen molar-refractivity contribution in [3.8, 4) is 5.75 Å². The van der Waals surface area contributed by atoms with Gasteiger partial charge in [0.2, 0.25) is 0 Å². The molecule has 0 heterocycles. The molecule has 0 bridgehead atoms. The molecule has 106 valence electrons. The summed E-state index contributed by atoms with van der Waals surface area (Å²) < 4.78 is 22.8. The van der Waals surface area contributed by atoms with Crippen LogP contribution in [0.2, 0.25) is 0 Å². The molecule has 0 spiro atoms. The molecule has 1 N–H and O–H groups in total. The van der Waals surface area contributed by atoms with E-state index in [-0.39, 0.29) is 6.61 Å². The van der Waals surface area contributed by atoms with Gasteiger partial charge in [0.05, 0.1) is 6.61 Å². The fourth-order valence-corrected chi connectivity index (χ4v) is 3.16. The second-order valence-corrected chi connectivity index (χ2v) is 7.28. The molecule has 0 fully saturated rings. The molecule has 0 saturated carbocycles. The highest BCUT2D eigenvalue weighted by Crippen LogP contribution is 2.48. The van der Waals surface area contributed by atoms with E-state index in [4.69, 9.17) is 20.5 Å². The third-order valence-corrected chi connectivity index (χ3v) is 4.19. The van der Waals surface area contributed by atoms with Gasteiger partial charge in [-0.3, -0.25) is 4.79 Å². The fourth-order valence-electron chi connectivity index (χ4n) is 1.21. The lowest BCUT2D eigenvalue weighted by molar-refractivity contribution is -0.144. The molecule has 0 aromatic heterocycles. The second kappa shape index (κ2) is 7.29. The van der Waals surface area contributed by atoms with Crippen LogP contribution in [0.1, 0.15) is 13.8 Å². The summed E-state index contributed by atoms with van der Waals surface area (Å²) in [6, 6.07) is 5.84. The average molecular weight is 371 g/mol. The van der Waals surface area contributed by atoms with Crippen LogP contribution in [0.15, 0.2) is 28.7 Å². The molecule has 2 atom stereocenters. The first-order valence-electron chi connectivity index (χ1n) is 5.53. The molecule has 1 unspecified atom stereocenters. The molecule has 0 aliphatic rings. The molecule has 0 saturated heterocycles. The summed E-state index contributed by atoms with van der Waals surface area (Å²) in [4.78, 5) is 11.4. The fraction of sp³-hybridized carbons (Fsp3) is 0.364. The van der Waals surface area contributed by atoms with Crippen molar-refractivity contribution in [2.24, 2.45) is 0 Å². The van der Waals surface area contributed by atoms with Gasteiger partial charge in [-0.25, -0.2) is 9.65 Å². The van der Waals surface area contributed by atoms with Crippen molar-refractivity contribution < 1.29 is 18.6 Å². The van der Waals surface area contributed by atoms with E-state index in [0.29, 0.717) is 5.75 Å². The summed E-state index contributed by atoms with van der Waals surface area (Å²) in [5.41, 5.74) is 0. The molecule has 0 aliphatic carbocycles. The van der Waals surface area contributed by atoms with Crippen molar-refractivity contribution in [1.82, 2.24) is 5.09 Å². The molecule has 19 heavy (non-hydrogen) atoms. The van der Waals surface area contributed by atoms with Gasteiger partial charge in [0, 0.05) is 15.7 Å². The lowest BCUT2D eigenvalue weighted by atomic mass is 10.3. The van der Waals surface area contributed by atoms with Gasteiger partial charge in [-0.2, -0.15) is 0 Å². The molecule has 0 amide bonds. The van der Waals surface area contributed by atoms with Crippen LogP contribution in [0.25, 0.3) is 0 Å². The lowest BCUT2D eigenvalue weighted by Gasteiger charge is -2.17. The number of rotatable bonds is 6. The van der Waals surface area contributed by atoms with E-state index >= 15 is 0 Å². The van der Waals surface area contributed by atoms with Crippen LogP contribution in [-0.2, 0) is 14.1 Å². The Morgan fingerprint density at radius 3 is 2.58 bits per heavy atom. The number of nitrogens with one attached hydrogen (secondary N) is 1. The Kier molecular flexibility index (Phi) is 6.33. The van der Waals surface area contributed by atoms with Crippen LogP contribution in [0.3, 0.4) is 0 Å². The summed E-state index contributed by atoms with van der Waals surface area (Å²) in [6.07, 6.45) is 0. The van der Waals surface area contributed by atoms with E-state index in [1.54, 1.807) is 31.2 Å². The average Bonchev–Trinajstić information content (AvgIpc) is 2.31. The van der Waals surface area contributed by atoms with Crippen molar-refractivity contribution in [1.29, 1.82) is 0 Å². The van der Waals surface area contributed by atoms with Crippen molar-refractivity contribution >= 4 is 40.0 Å². The summed E-state index contributed by atoms with van der Waals surface area (Å²) in [7, 11) is 0. The Bertz CT molecular complexity index is 482. The molecular weight excluding hydrogens is 356 g/mol. The zero-order chi connectivity index (χ0) is 14.5. The summed E-state index contributed by atoms with van der Waals surface area (Å²) >= 11 is 9.02. The number of esters is 1. The number of hydrogen-bond acceptors (Lipinski definition) is 4. The highest BCUT2D eigenvalue weighted by Gasteiger charge is 2.27. The van der Waals surface area contributed by atoms with Crippen molar-refractivity contribution in [2.75, 3.05) is 6.61 Å². The minimum atomic E-state index is -3.66. The molecule has 8 heteroatoms. The highest BCUT2D eigenvalue weighted by atomic mass is 79.9. The third-order valence-electron chi connectivity index (χ3n) is 2.02. The Hall–Kier alpha value is -0.550. The Morgan fingerprint density at radius 1 is 1.47 bits per heavy atom. The molecule has 1 aromatic rings. The van der Waals surface area contributed by atoms with Gasteiger partial charge in [0.1, 0.15) is 11.8 Å². The number of carbonyl (C=O) groups is 1. The predicted octanol–water partition coefficient (Wildman–Crippen LogP) is 3.72. The third kappa shape index (κ3) is 5.95. The summed E-state index contributed by atoms with van der Waals surface area (Å²) in [6.45, 7) is -0.234. The number of ether oxygens (including phenoxy) is 1. The van der Waals surface area contributed by atoms with Crippen LogP contribution in [-0.4, -0.2) is 18.6 Å². The number of carbonyl (C=O) groups excluding carboxylic acids is 1. The monoisotopic (exact) mass is 369 g/mol. The second-order valence-electron chi connectivity index (χ2n) is 3.63. The minimum absolute atomic E-state index is 0.241. The first kappa shape index (κ1) is 16.5. The van der Waals surface area contributed by atoms with E-state index in [9.17, 15) is 9.36 Å². The van der Waals surface area contributed by atoms with E-state index in [1.165, 1.54) is 6.92 Å². The van der Waals surface area contributed by atoms with Gasteiger partial charge < -0.3 is 9.26 Å². The maximum absolute atomic E-state index is 12.0. The first-order valence-corrected chi connectivity index (χ1v) is 8.85. The smallest absolute Gasteiger partial charge is 0.409 e. The van der Waals surface area contributed by atoms with Crippen LogP contribution < -0.4 is 9.61 Å². The highest BCUT2D eigenvalue weighted by molar-refractivity contribution is 9.10. The number of hydrogen-bond donors (Lipinski definition) is 1. The van der Waals surface area contributed by atoms with Crippen molar-refractivity contribution in [2.45, 2.75) is 19.9 Å². The lowest BCUT2D eigenvalue weighted by Crippen LogP contribution is -2.33. The zero-order valence-electron chi connectivity index (χ0n) is 10.4. The number of benzene rings is 1. The molecule has 0 aliphatic heterocycles. The zero-order valence-corrected chi connectivity index (χ0v) is 13.7. The molecule has 1 aromatic carbocycles. The molecular formula is C11H14BrClNO4P. The molecule has 5 nitrogen and oxygen atoms in total. The first-order chi connectivity index (χ1) is 8.84. The largest absolute Gasteiger partial charge is 0.465 e. The van der Waals surface area contributed by atoms with E-state index < -0.39 is 18.9 Å². The van der Waals surface area contributed by atoms with Crippen molar-refractivity contribution in [3.63, 3.8) is 0 Å². The van der Waals surface area contributed by atoms with Gasteiger partial charge in [-0.1, -0.05) is 15.9 Å². The Morgan fingerprint density at radius 2 is 2.05 bits per heavy atom. The summed E-state index contributed by atoms with van der Waals surface area (Å²) in [5.74, 6) is -0.201. The van der Waals surface area contributed by atoms with Gasteiger partial charge in [-0.05, 0) is 38.1 Å². The SMILES string of the molecule is CCOC(=O)[C@H](C)NP(=O)(Cl)Oc1ccc(Br)cc1. The predicted molar refractivity (Wildman–Crippen MR) is 77.5 cm³/mol. The van der Waals surface area contributed by atoms with Gasteiger partial charge in [-0.15, -0.1) is 0 Å². The van der Waals surface area contributed by atoms with Gasteiger partial charge >= 0.3 is 12.8 Å². The standard InChI is InChI=1S/C11H14BrClNO4P/c1-3-17-11(15)8(2)14-19(13,16)18-10-6-4-9(12)5-7-10/h4-8H,3H2,1-2H3,(H,14,16)/t8-,19?/m0/s1. The van der Waals surface area contributed by atoms with E-state index in [2.05, 4.69) is 21.0 Å². The Labute approximate surface area is 125 Å². The quantitative estimate of drug-likeness (QED) is 0.611. The van der Waals surface area contributed by atoms with E-state index in [0.717, 1.165) is 4.47 Å². The Balaban J connectivity index is 2.63. The number of halogens is 2. The van der Waals surface area contributed by atoms with Crippen LogP contribution >= 0.6 is 34.0 Å². The molecule has 1 rings (SSSR count). The van der Waals surface area contributed by atoms with Crippen LogP contribution in [0.4, 0.5) is 0 Å². The maximum atomic E-state index is 12.0. The van der Waals surface area contributed by atoms with Gasteiger partial charge in [0.15, 0.2) is 0 Å². The minimum Gasteiger partial charge on any atom is -0.465 e. The maximum Gasteiger partial charge on any atom is 0.409 e. The van der Waals surface area contributed by atoms with Crippen LogP contribution in [0, 0.1) is 0 Å². The summed E-state index contributed by atoms with van der Waals surface area (Å²) in [5, 5.41) is 2.42. The molecule has 0 radical (unpaired) electrons. The van der Waals surface area contributed by atoms with Gasteiger partial charge in [0.25, 0.3) is 0 Å². The topological polar surface area (TPSA) is 64.6 Å². The van der Waals surface area contributed by atoms with Crippen LogP contribution in [0.5, 0.6) is 5.75 Å². The normalized spacial score (nSPS) is 15.4. The van der Waals surface area contributed by atoms with E-state index in [1.807, 2.05) is 0 Å².